The number of nitrogen functional groups attached to an aromatic ring is 1. The number of hydrogen-bond acceptors (Lipinski definition) is 10. The molecule has 0 bridgehead atoms. The fraction of sp³-hybridized carbons (Fsp3) is 0.562. The van der Waals surface area contributed by atoms with Crippen molar-refractivity contribution in [3.8, 4) is 0 Å². The molecule has 0 spiro atoms. The van der Waals surface area contributed by atoms with Crippen molar-refractivity contribution in [2.75, 3.05) is 5.73 Å². The van der Waals surface area contributed by atoms with Gasteiger partial charge in [-0.2, -0.15) is 0 Å². The van der Waals surface area contributed by atoms with Gasteiger partial charge in [-0.3, -0.25) is 9.59 Å². The molecule has 1 aromatic rings. The smallest absolute Gasteiger partial charge is 0.478 e. The lowest BCUT2D eigenvalue weighted by molar-refractivity contribution is -0.161. The molecular formula is C16H23BN4O7S. The Morgan fingerprint density at radius 1 is 1.48 bits per heavy atom. The van der Waals surface area contributed by atoms with Gasteiger partial charge in [0.05, 0.1) is 5.94 Å². The van der Waals surface area contributed by atoms with Crippen molar-refractivity contribution in [3.05, 3.63) is 11.1 Å². The molecule has 1 aromatic heterocycles. The molecule has 1 aliphatic rings. The van der Waals surface area contributed by atoms with Gasteiger partial charge in [-0.1, -0.05) is 5.16 Å². The van der Waals surface area contributed by atoms with Crippen LogP contribution in [0.5, 0.6) is 0 Å². The van der Waals surface area contributed by atoms with Crippen LogP contribution in [0.3, 0.4) is 0 Å². The number of carboxylic acids is 1. The van der Waals surface area contributed by atoms with Crippen molar-refractivity contribution in [2.24, 2.45) is 5.16 Å². The average Bonchev–Trinajstić information content (AvgIpc) is 3.03. The van der Waals surface area contributed by atoms with Crippen LogP contribution >= 0.6 is 11.3 Å². The first-order chi connectivity index (χ1) is 13.5. The zero-order valence-corrected chi connectivity index (χ0v) is 17.1. The number of rotatable bonds is 8. The van der Waals surface area contributed by atoms with Crippen LogP contribution in [0.25, 0.3) is 0 Å². The first kappa shape index (κ1) is 22.8. The van der Waals surface area contributed by atoms with E-state index in [1.54, 1.807) is 0 Å². The van der Waals surface area contributed by atoms with E-state index < -0.39 is 36.6 Å². The molecular weight excluding hydrogens is 403 g/mol. The number of aliphatic carboxylic acids is 1. The number of nitrogens with two attached hydrogens (primary N) is 1. The van der Waals surface area contributed by atoms with Crippen molar-refractivity contribution >= 4 is 47.0 Å². The Hall–Kier alpha value is -2.51. The molecule has 1 amide bonds. The number of amides is 1. The van der Waals surface area contributed by atoms with Gasteiger partial charge in [0, 0.05) is 17.9 Å². The third-order valence-corrected chi connectivity index (χ3v) is 4.84. The first-order valence-electron chi connectivity index (χ1n) is 8.84. The van der Waals surface area contributed by atoms with Gasteiger partial charge in [0.25, 0.3) is 5.91 Å². The lowest BCUT2D eigenvalue weighted by atomic mass is 9.72. The zero-order chi connectivity index (χ0) is 21.8. The van der Waals surface area contributed by atoms with E-state index in [-0.39, 0.29) is 28.7 Å². The molecule has 29 heavy (non-hydrogen) atoms. The summed E-state index contributed by atoms with van der Waals surface area (Å²) in [5, 5.41) is 27.2. The number of nitrogens with one attached hydrogen (secondary N) is 1. The van der Waals surface area contributed by atoms with Crippen LogP contribution in [0.15, 0.2) is 10.5 Å². The van der Waals surface area contributed by atoms with E-state index in [1.807, 2.05) is 0 Å². The molecule has 11 nitrogen and oxygen atoms in total. The molecule has 2 heterocycles. The van der Waals surface area contributed by atoms with Gasteiger partial charge in [-0.05, 0) is 33.6 Å². The summed E-state index contributed by atoms with van der Waals surface area (Å²) in [7, 11) is -1.31. The maximum Gasteiger partial charge on any atom is 0.478 e. The van der Waals surface area contributed by atoms with Crippen molar-refractivity contribution in [1.82, 2.24) is 10.3 Å². The van der Waals surface area contributed by atoms with Gasteiger partial charge in [-0.15, -0.1) is 11.3 Å². The molecule has 0 unspecified atom stereocenters. The second-order valence-electron chi connectivity index (χ2n) is 7.13. The van der Waals surface area contributed by atoms with E-state index in [1.165, 1.54) is 26.2 Å². The molecule has 5 N–H and O–H groups in total. The predicted molar refractivity (Wildman–Crippen MR) is 105 cm³/mol. The van der Waals surface area contributed by atoms with Crippen LogP contribution in [0, 0.1) is 0 Å². The Morgan fingerprint density at radius 2 is 2.17 bits per heavy atom. The largest absolute Gasteiger partial charge is 0.478 e. The van der Waals surface area contributed by atoms with E-state index in [9.17, 15) is 19.4 Å². The Bertz CT molecular complexity index is 813. The number of carboxylic acid groups (broad SMARTS) is 1. The average molecular weight is 426 g/mol. The third-order valence-electron chi connectivity index (χ3n) is 4.17. The van der Waals surface area contributed by atoms with Crippen LogP contribution in [0.1, 0.15) is 45.7 Å². The standard InChI is InChI=1S/C16H23BN4O7S/c1-8(22)6-9-4-5-11(17(26)27-9)20-13(23)12(10-7-29-15(18)19-10)21-28-16(2,3)14(24)25/h7,9,11,26H,4-6H2,1-3H3,(H2,18,19)(H,20,23)(H,24,25)/b21-12-/t9-,11-/m0/s1. The van der Waals surface area contributed by atoms with Gasteiger partial charge in [0.1, 0.15) is 11.5 Å². The van der Waals surface area contributed by atoms with Crippen LogP contribution in [-0.4, -0.2) is 63.3 Å². The molecule has 1 saturated heterocycles. The Balaban J connectivity index is 2.14. The second kappa shape index (κ2) is 9.33. The number of carbonyl (C=O) groups is 3. The number of anilines is 1. The highest BCUT2D eigenvalue weighted by atomic mass is 32.1. The minimum absolute atomic E-state index is 0.0570. The Kier molecular flexibility index (Phi) is 7.33. The minimum atomic E-state index is -1.68. The number of carbonyl (C=O) groups excluding carboxylic acids is 2. The van der Waals surface area contributed by atoms with Crippen LogP contribution in [0.4, 0.5) is 5.13 Å². The monoisotopic (exact) mass is 426 g/mol. The first-order valence-corrected chi connectivity index (χ1v) is 9.72. The van der Waals surface area contributed by atoms with Crippen LogP contribution in [-0.2, 0) is 23.9 Å². The molecule has 0 aliphatic carbocycles. The number of aromatic nitrogens is 1. The molecule has 2 atom stereocenters. The summed E-state index contributed by atoms with van der Waals surface area (Å²) < 4.78 is 5.38. The topological polar surface area (TPSA) is 173 Å². The lowest BCUT2D eigenvalue weighted by Crippen LogP contribution is -2.54. The minimum Gasteiger partial charge on any atom is -0.478 e. The van der Waals surface area contributed by atoms with E-state index in [0.29, 0.717) is 12.8 Å². The zero-order valence-electron chi connectivity index (χ0n) is 16.2. The molecule has 13 heteroatoms. The van der Waals surface area contributed by atoms with E-state index >= 15 is 0 Å². The lowest BCUT2D eigenvalue weighted by Gasteiger charge is -2.31. The van der Waals surface area contributed by atoms with Gasteiger partial charge < -0.3 is 30.7 Å². The predicted octanol–water partition coefficient (Wildman–Crippen LogP) is -0.0282. The summed E-state index contributed by atoms with van der Waals surface area (Å²) in [5.74, 6) is -2.82. The molecule has 1 aliphatic heterocycles. The summed E-state index contributed by atoms with van der Waals surface area (Å²) in [6.45, 7) is 3.99. The number of hydrogen-bond donors (Lipinski definition) is 4. The highest BCUT2D eigenvalue weighted by molar-refractivity contribution is 7.13. The maximum absolute atomic E-state index is 12.7. The second-order valence-corrected chi connectivity index (χ2v) is 8.02. The summed E-state index contributed by atoms with van der Waals surface area (Å²) >= 11 is 1.07. The van der Waals surface area contributed by atoms with Gasteiger partial charge >= 0.3 is 13.1 Å². The van der Waals surface area contributed by atoms with Crippen LogP contribution < -0.4 is 11.1 Å². The molecule has 0 radical (unpaired) electrons. The summed E-state index contributed by atoms with van der Waals surface area (Å²) in [5.41, 5.74) is 3.74. The van der Waals surface area contributed by atoms with E-state index in [4.69, 9.17) is 20.3 Å². The number of thiazole rings is 1. The molecule has 0 saturated carbocycles. The quantitative estimate of drug-likeness (QED) is 0.253. The number of Topliss-reactive ketones (excluding diaryl/α,β-unsaturated/α-hetero) is 1. The van der Waals surface area contributed by atoms with Crippen molar-refractivity contribution < 1.29 is 34.0 Å². The van der Waals surface area contributed by atoms with Crippen molar-refractivity contribution in [2.45, 2.75) is 57.7 Å². The summed E-state index contributed by atoms with van der Waals surface area (Å²) in [6, 6.07) is 0. The fourth-order valence-electron chi connectivity index (χ4n) is 2.52. The number of nitrogens with zero attached hydrogens (tertiary/aromatic N) is 2. The number of ketones is 1. The van der Waals surface area contributed by atoms with Crippen LogP contribution in [0.2, 0.25) is 0 Å². The summed E-state index contributed by atoms with van der Waals surface area (Å²) in [6.07, 6.45) is 0.613. The highest BCUT2D eigenvalue weighted by Crippen LogP contribution is 2.20. The van der Waals surface area contributed by atoms with Gasteiger partial charge in [0.15, 0.2) is 10.8 Å². The fourth-order valence-corrected chi connectivity index (χ4v) is 3.07. The van der Waals surface area contributed by atoms with Crippen molar-refractivity contribution in [1.29, 1.82) is 0 Å². The highest BCUT2D eigenvalue weighted by Gasteiger charge is 2.38. The Morgan fingerprint density at radius 3 is 2.69 bits per heavy atom. The molecule has 158 valence electrons. The van der Waals surface area contributed by atoms with Gasteiger partial charge in [-0.25, -0.2) is 9.78 Å². The normalized spacial score (nSPS) is 20.3. The molecule has 2 rings (SSSR count). The van der Waals surface area contributed by atoms with E-state index in [0.717, 1.165) is 11.3 Å². The SMILES string of the molecule is CC(=O)C[C@@H]1CC[C@H](NC(=O)/C(=N\OC(C)(C)C(=O)O)c2csc(N)n2)B(O)O1. The Labute approximate surface area is 171 Å². The van der Waals surface area contributed by atoms with E-state index in [2.05, 4.69) is 15.5 Å². The number of oxime groups is 1. The van der Waals surface area contributed by atoms with Crippen molar-refractivity contribution in [3.63, 3.8) is 0 Å². The third kappa shape index (κ3) is 6.24. The maximum atomic E-state index is 12.7. The molecule has 0 aromatic carbocycles. The molecule has 1 fully saturated rings. The summed E-state index contributed by atoms with van der Waals surface area (Å²) in [4.78, 5) is 44.2. The van der Waals surface area contributed by atoms with Gasteiger partial charge in [0.2, 0.25) is 5.60 Å².